The van der Waals surface area contributed by atoms with Crippen LogP contribution in [-0.2, 0) is 0 Å². The van der Waals surface area contributed by atoms with Crippen LogP contribution in [0.5, 0.6) is 5.75 Å². The van der Waals surface area contributed by atoms with Crippen molar-refractivity contribution in [1.29, 1.82) is 0 Å². The van der Waals surface area contributed by atoms with Crippen LogP contribution in [0.1, 0.15) is 36.2 Å². The SMILES string of the molecule is CCC(C)(CCl)NC(=O)c1ccc(C)c(O)c1. The Bertz CT molecular complexity index is 414. The Morgan fingerprint density at radius 2 is 2.18 bits per heavy atom. The molecule has 0 aliphatic heterocycles. The molecule has 2 N–H and O–H groups in total. The van der Waals surface area contributed by atoms with Crippen molar-refractivity contribution in [2.45, 2.75) is 32.7 Å². The Morgan fingerprint density at radius 3 is 2.65 bits per heavy atom. The summed E-state index contributed by atoms with van der Waals surface area (Å²) in [7, 11) is 0. The molecule has 0 aliphatic rings. The molecule has 1 amide bonds. The van der Waals surface area contributed by atoms with E-state index in [1.54, 1.807) is 19.1 Å². The summed E-state index contributed by atoms with van der Waals surface area (Å²) in [5.41, 5.74) is 0.772. The quantitative estimate of drug-likeness (QED) is 0.813. The maximum absolute atomic E-state index is 12.0. The van der Waals surface area contributed by atoms with Crippen LogP contribution in [-0.4, -0.2) is 22.4 Å². The molecule has 0 heterocycles. The third-order valence-corrected chi connectivity index (χ3v) is 3.55. The largest absolute Gasteiger partial charge is 0.508 e. The van der Waals surface area contributed by atoms with Gasteiger partial charge in [0.1, 0.15) is 5.75 Å². The van der Waals surface area contributed by atoms with Crippen molar-refractivity contribution in [2.24, 2.45) is 0 Å². The highest BCUT2D eigenvalue weighted by Gasteiger charge is 2.23. The number of halogens is 1. The average molecular weight is 256 g/mol. The van der Waals surface area contributed by atoms with Crippen LogP contribution in [0.15, 0.2) is 18.2 Å². The molecule has 0 aliphatic carbocycles. The van der Waals surface area contributed by atoms with Gasteiger partial charge in [-0.3, -0.25) is 4.79 Å². The zero-order valence-electron chi connectivity index (χ0n) is 10.4. The molecule has 0 saturated heterocycles. The molecule has 0 radical (unpaired) electrons. The summed E-state index contributed by atoms with van der Waals surface area (Å²) in [6.07, 6.45) is 0.750. The summed E-state index contributed by atoms with van der Waals surface area (Å²) >= 11 is 5.83. The summed E-state index contributed by atoms with van der Waals surface area (Å²) < 4.78 is 0. The highest BCUT2D eigenvalue weighted by Crippen LogP contribution is 2.19. The van der Waals surface area contributed by atoms with Crippen molar-refractivity contribution < 1.29 is 9.90 Å². The maximum atomic E-state index is 12.0. The van der Waals surface area contributed by atoms with Gasteiger partial charge in [0.2, 0.25) is 0 Å². The standard InChI is InChI=1S/C13H18ClNO2/c1-4-13(3,8-14)15-12(17)10-6-5-9(2)11(16)7-10/h5-7,16H,4,8H2,1-3H3,(H,15,17). The van der Waals surface area contributed by atoms with Crippen LogP contribution < -0.4 is 5.32 Å². The lowest BCUT2D eigenvalue weighted by Gasteiger charge is -2.27. The van der Waals surface area contributed by atoms with E-state index < -0.39 is 5.54 Å². The van der Waals surface area contributed by atoms with E-state index in [0.29, 0.717) is 11.4 Å². The molecule has 3 nitrogen and oxygen atoms in total. The Kier molecular flexibility index (Phi) is 4.40. The number of aryl methyl sites for hydroxylation is 1. The minimum atomic E-state index is -0.418. The summed E-state index contributed by atoms with van der Waals surface area (Å²) in [4.78, 5) is 12.0. The number of hydrogen-bond acceptors (Lipinski definition) is 2. The van der Waals surface area contributed by atoms with Gasteiger partial charge in [0, 0.05) is 11.4 Å². The van der Waals surface area contributed by atoms with E-state index in [2.05, 4.69) is 5.32 Å². The number of carbonyl (C=O) groups is 1. The van der Waals surface area contributed by atoms with Crippen molar-refractivity contribution in [1.82, 2.24) is 5.32 Å². The van der Waals surface area contributed by atoms with Crippen LogP contribution in [0.25, 0.3) is 0 Å². The number of nitrogens with one attached hydrogen (secondary N) is 1. The molecule has 4 heteroatoms. The molecule has 17 heavy (non-hydrogen) atoms. The molecule has 0 aromatic heterocycles. The van der Waals surface area contributed by atoms with Gasteiger partial charge in [-0.2, -0.15) is 0 Å². The summed E-state index contributed by atoms with van der Waals surface area (Å²) in [6, 6.07) is 4.87. The first-order valence-corrected chi connectivity index (χ1v) is 6.13. The van der Waals surface area contributed by atoms with Crippen LogP contribution in [0.4, 0.5) is 0 Å². The third-order valence-electron chi connectivity index (χ3n) is 2.96. The Hall–Kier alpha value is -1.22. The minimum Gasteiger partial charge on any atom is -0.508 e. The summed E-state index contributed by atoms with van der Waals surface area (Å²) in [6.45, 7) is 5.65. The third kappa shape index (κ3) is 3.37. The maximum Gasteiger partial charge on any atom is 0.251 e. The first-order chi connectivity index (χ1) is 7.91. The second-order valence-corrected chi connectivity index (χ2v) is 4.77. The average Bonchev–Trinajstić information content (AvgIpc) is 2.32. The molecule has 1 aromatic rings. The summed E-state index contributed by atoms with van der Waals surface area (Å²) in [5, 5.41) is 12.4. The van der Waals surface area contributed by atoms with Gasteiger partial charge < -0.3 is 10.4 Å². The molecule has 0 spiro atoms. The van der Waals surface area contributed by atoms with Crippen LogP contribution in [0, 0.1) is 6.92 Å². The molecule has 1 unspecified atom stereocenters. The second-order valence-electron chi connectivity index (χ2n) is 4.50. The van der Waals surface area contributed by atoms with Crippen molar-refractivity contribution in [3.63, 3.8) is 0 Å². The fraction of sp³-hybridized carbons (Fsp3) is 0.462. The van der Waals surface area contributed by atoms with Crippen LogP contribution in [0.3, 0.4) is 0 Å². The van der Waals surface area contributed by atoms with E-state index >= 15 is 0 Å². The Morgan fingerprint density at radius 1 is 1.53 bits per heavy atom. The zero-order valence-corrected chi connectivity index (χ0v) is 11.1. The number of alkyl halides is 1. The summed E-state index contributed by atoms with van der Waals surface area (Å²) in [5.74, 6) is 0.264. The van der Waals surface area contributed by atoms with Crippen LogP contribution >= 0.6 is 11.6 Å². The van der Waals surface area contributed by atoms with Gasteiger partial charge in [0.25, 0.3) is 5.91 Å². The molecule has 0 saturated carbocycles. The number of carbonyl (C=O) groups excluding carboxylic acids is 1. The smallest absolute Gasteiger partial charge is 0.251 e. The topological polar surface area (TPSA) is 49.3 Å². The van der Waals surface area contributed by atoms with E-state index in [0.717, 1.165) is 12.0 Å². The van der Waals surface area contributed by atoms with Crippen molar-refractivity contribution >= 4 is 17.5 Å². The molecule has 94 valence electrons. The number of phenols is 1. The fourth-order valence-electron chi connectivity index (χ4n) is 1.31. The molecular weight excluding hydrogens is 238 g/mol. The number of benzene rings is 1. The number of amides is 1. The van der Waals surface area contributed by atoms with Crippen molar-refractivity contribution in [3.8, 4) is 5.75 Å². The highest BCUT2D eigenvalue weighted by molar-refractivity contribution is 6.18. The van der Waals surface area contributed by atoms with Crippen LogP contribution in [0.2, 0.25) is 0 Å². The van der Waals surface area contributed by atoms with Gasteiger partial charge in [0.05, 0.1) is 5.54 Å². The van der Waals surface area contributed by atoms with E-state index in [4.69, 9.17) is 11.6 Å². The molecule has 0 bridgehead atoms. The van der Waals surface area contributed by atoms with Crippen molar-refractivity contribution in [2.75, 3.05) is 5.88 Å². The second kappa shape index (κ2) is 5.41. The van der Waals surface area contributed by atoms with E-state index in [-0.39, 0.29) is 11.7 Å². The van der Waals surface area contributed by atoms with Gasteiger partial charge in [0.15, 0.2) is 0 Å². The lowest BCUT2D eigenvalue weighted by atomic mass is 10.0. The highest BCUT2D eigenvalue weighted by atomic mass is 35.5. The number of aromatic hydroxyl groups is 1. The van der Waals surface area contributed by atoms with Gasteiger partial charge in [-0.05, 0) is 38.0 Å². The molecular formula is C13H18ClNO2. The number of rotatable bonds is 4. The lowest BCUT2D eigenvalue weighted by molar-refractivity contribution is 0.0912. The van der Waals surface area contributed by atoms with Gasteiger partial charge >= 0.3 is 0 Å². The molecule has 1 aromatic carbocycles. The molecule has 1 atom stereocenters. The molecule has 1 rings (SSSR count). The zero-order chi connectivity index (χ0) is 13.1. The van der Waals surface area contributed by atoms with Crippen molar-refractivity contribution in [3.05, 3.63) is 29.3 Å². The Balaban J connectivity index is 2.86. The number of hydrogen-bond donors (Lipinski definition) is 2. The monoisotopic (exact) mass is 255 g/mol. The van der Waals surface area contributed by atoms with E-state index in [9.17, 15) is 9.90 Å². The number of phenolic OH excluding ortho intramolecular Hbond substituents is 1. The normalized spacial score (nSPS) is 14.1. The first kappa shape index (κ1) is 13.8. The predicted molar refractivity (Wildman–Crippen MR) is 69.7 cm³/mol. The van der Waals surface area contributed by atoms with Gasteiger partial charge in [-0.25, -0.2) is 0 Å². The lowest BCUT2D eigenvalue weighted by Crippen LogP contribution is -2.47. The fourth-order valence-corrected chi connectivity index (χ4v) is 1.57. The first-order valence-electron chi connectivity index (χ1n) is 5.60. The van der Waals surface area contributed by atoms with E-state index in [1.807, 2.05) is 13.8 Å². The van der Waals surface area contributed by atoms with Gasteiger partial charge in [-0.1, -0.05) is 13.0 Å². The Labute approximate surface area is 107 Å². The van der Waals surface area contributed by atoms with E-state index in [1.165, 1.54) is 6.07 Å². The minimum absolute atomic E-state index is 0.127. The predicted octanol–water partition coefficient (Wildman–Crippen LogP) is 2.84. The van der Waals surface area contributed by atoms with Gasteiger partial charge in [-0.15, -0.1) is 11.6 Å². The molecule has 0 fully saturated rings.